The minimum absolute atomic E-state index is 0.0176. The number of hydrogen-bond acceptors (Lipinski definition) is 4. The molecule has 11 heteroatoms. The lowest BCUT2D eigenvalue weighted by Gasteiger charge is -2.13. The third-order valence-electron chi connectivity index (χ3n) is 3.89. The fourth-order valence-electron chi connectivity index (χ4n) is 2.66. The second-order valence-electron chi connectivity index (χ2n) is 6.05. The number of rotatable bonds is 6. The van der Waals surface area contributed by atoms with Gasteiger partial charge in [-0.15, -0.1) is 0 Å². The van der Waals surface area contributed by atoms with Crippen LogP contribution in [0.5, 0.6) is 5.75 Å². The number of nitrogens with one attached hydrogen (secondary N) is 1. The largest absolute Gasteiger partial charge is 0.494 e. The Kier molecular flexibility index (Phi) is 5.76. The van der Waals surface area contributed by atoms with Gasteiger partial charge in [0.2, 0.25) is 10.0 Å². The van der Waals surface area contributed by atoms with E-state index >= 15 is 0 Å². The summed E-state index contributed by atoms with van der Waals surface area (Å²) < 4.78 is 72.5. The highest BCUT2D eigenvalue weighted by Gasteiger charge is 2.30. The van der Waals surface area contributed by atoms with Crippen LogP contribution in [-0.2, 0) is 22.0 Å². The zero-order valence-electron chi connectivity index (χ0n) is 14.9. The van der Waals surface area contributed by atoms with E-state index < -0.39 is 27.5 Å². The monoisotopic (exact) mass is 445 g/mol. The van der Waals surface area contributed by atoms with Crippen LogP contribution >= 0.6 is 11.6 Å². The van der Waals surface area contributed by atoms with Crippen LogP contribution < -0.4 is 9.46 Å². The number of anilines is 1. The van der Waals surface area contributed by atoms with Gasteiger partial charge in [0.05, 0.1) is 29.8 Å². The Labute approximate surface area is 170 Å². The first-order chi connectivity index (χ1) is 13.6. The molecule has 1 aromatic heterocycles. The molecule has 154 valence electrons. The van der Waals surface area contributed by atoms with E-state index in [2.05, 4.69) is 9.71 Å². The zero-order chi connectivity index (χ0) is 21.2. The Morgan fingerprint density at radius 3 is 2.59 bits per heavy atom. The number of aromatic nitrogens is 2. The van der Waals surface area contributed by atoms with Gasteiger partial charge in [-0.25, -0.2) is 13.4 Å². The van der Waals surface area contributed by atoms with Crippen molar-refractivity contribution in [2.45, 2.75) is 11.9 Å². The third-order valence-corrected chi connectivity index (χ3v) is 5.35. The molecule has 6 nitrogen and oxygen atoms in total. The average Bonchev–Trinajstić information content (AvgIpc) is 3.06. The first kappa shape index (κ1) is 21.0. The Hall–Kier alpha value is -2.72. The first-order valence-electron chi connectivity index (χ1n) is 8.12. The van der Waals surface area contributed by atoms with Crippen LogP contribution in [0.3, 0.4) is 0 Å². The number of methoxy groups -OCH3 is 1. The summed E-state index contributed by atoms with van der Waals surface area (Å²) in [5.74, 6) is -0.267. The number of imidazole rings is 1. The molecule has 0 aliphatic carbocycles. The molecule has 1 N–H and O–H groups in total. The lowest BCUT2D eigenvalue weighted by molar-refractivity contribution is -0.137. The van der Waals surface area contributed by atoms with E-state index in [0.29, 0.717) is 11.4 Å². The molecular weight excluding hydrogens is 431 g/mol. The number of sulfonamides is 1. The van der Waals surface area contributed by atoms with Gasteiger partial charge < -0.3 is 9.30 Å². The Bertz CT molecular complexity index is 1130. The Morgan fingerprint density at radius 1 is 1.21 bits per heavy atom. The number of halogens is 4. The van der Waals surface area contributed by atoms with E-state index in [1.165, 1.54) is 37.7 Å². The fourth-order valence-corrected chi connectivity index (χ4v) is 3.98. The van der Waals surface area contributed by atoms with Crippen LogP contribution in [0.15, 0.2) is 55.0 Å². The van der Waals surface area contributed by atoms with E-state index in [0.717, 1.165) is 12.1 Å². The molecule has 0 fully saturated rings. The SMILES string of the molecule is COc1cc(NS(=O)(=O)Cc2cccc(C(F)(F)F)c2)ccc1-n1cnc(Cl)c1. The van der Waals surface area contributed by atoms with E-state index in [1.54, 1.807) is 16.8 Å². The summed E-state index contributed by atoms with van der Waals surface area (Å²) in [6.45, 7) is 0. The highest BCUT2D eigenvalue weighted by Crippen LogP contribution is 2.31. The summed E-state index contributed by atoms with van der Waals surface area (Å²) >= 11 is 5.81. The smallest absolute Gasteiger partial charge is 0.416 e. The summed E-state index contributed by atoms with van der Waals surface area (Å²) in [6, 6.07) is 8.73. The van der Waals surface area contributed by atoms with Gasteiger partial charge in [-0.3, -0.25) is 4.72 Å². The van der Waals surface area contributed by atoms with Crippen molar-refractivity contribution in [3.05, 3.63) is 71.3 Å². The number of hydrogen-bond donors (Lipinski definition) is 1. The maximum absolute atomic E-state index is 12.8. The van der Waals surface area contributed by atoms with Gasteiger partial charge in [-0.1, -0.05) is 29.8 Å². The van der Waals surface area contributed by atoms with E-state index in [-0.39, 0.29) is 16.4 Å². The molecule has 0 unspecified atom stereocenters. The molecule has 0 aliphatic heterocycles. The molecule has 0 bridgehead atoms. The van der Waals surface area contributed by atoms with Crippen molar-refractivity contribution in [3.8, 4) is 11.4 Å². The van der Waals surface area contributed by atoms with Crippen LogP contribution in [0.2, 0.25) is 5.15 Å². The summed E-state index contributed by atoms with van der Waals surface area (Å²) in [5, 5.41) is 0.276. The van der Waals surface area contributed by atoms with E-state index in [9.17, 15) is 21.6 Å². The molecular formula is C18H15ClF3N3O3S. The maximum atomic E-state index is 12.8. The molecule has 3 rings (SSSR count). The molecule has 29 heavy (non-hydrogen) atoms. The topological polar surface area (TPSA) is 73.2 Å². The molecule has 1 heterocycles. The van der Waals surface area contributed by atoms with Gasteiger partial charge in [0.25, 0.3) is 0 Å². The van der Waals surface area contributed by atoms with Gasteiger partial charge in [-0.2, -0.15) is 13.2 Å². The predicted molar refractivity (Wildman–Crippen MR) is 103 cm³/mol. The lowest BCUT2D eigenvalue weighted by atomic mass is 10.1. The van der Waals surface area contributed by atoms with E-state index in [4.69, 9.17) is 16.3 Å². The summed E-state index contributed by atoms with van der Waals surface area (Å²) in [5.41, 5.74) is -0.115. The van der Waals surface area contributed by atoms with Crippen LogP contribution in [-0.4, -0.2) is 25.1 Å². The second-order valence-corrected chi connectivity index (χ2v) is 8.16. The van der Waals surface area contributed by atoms with Crippen molar-refractivity contribution >= 4 is 27.3 Å². The molecule has 0 aliphatic rings. The lowest BCUT2D eigenvalue weighted by Crippen LogP contribution is -2.16. The normalized spacial score (nSPS) is 12.0. The van der Waals surface area contributed by atoms with Crippen molar-refractivity contribution in [3.63, 3.8) is 0 Å². The molecule has 0 spiro atoms. The minimum Gasteiger partial charge on any atom is -0.494 e. The molecule has 2 aromatic carbocycles. The first-order valence-corrected chi connectivity index (χ1v) is 10.1. The third kappa shape index (κ3) is 5.21. The predicted octanol–water partition coefficient (Wildman–Crippen LogP) is 4.50. The molecule has 0 amide bonds. The van der Waals surface area contributed by atoms with Crippen molar-refractivity contribution in [1.29, 1.82) is 0 Å². The Morgan fingerprint density at radius 2 is 1.97 bits per heavy atom. The van der Waals surface area contributed by atoms with Crippen molar-refractivity contribution in [2.24, 2.45) is 0 Å². The standard InChI is InChI=1S/C18H15ClF3N3O3S/c1-28-16-8-14(5-6-15(16)25-9-17(19)23-11-25)24-29(26,27)10-12-3-2-4-13(7-12)18(20,21)22/h2-9,11,24H,10H2,1H3. The average molecular weight is 446 g/mol. The number of alkyl halides is 3. The quantitative estimate of drug-likeness (QED) is 0.606. The van der Waals surface area contributed by atoms with Crippen molar-refractivity contribution < 1.29 is 26.3 Å². The number of ether oxygens (including phenoxy) is 1. The van der Waals surface area contributed by atoms with Gasteiger partial charge in [0.1, 0.15) is 17.2 Å². The minimum atomic E-state index is -4.55. The number of benzene rings is 2. The van der Waals surface area contributed by atoms with E-state index in [1.807, 2.05) is 0 Å². The Balaban J connectivity index is 1.82. The zero-order valence-corrected chi connectivity index (χ0v) is 16.5. The van der Waals surface area contributed by atoms with Crippen LogP contribution in [0.1, 0.15) is 11.1 Å². The highest BCUT2D eigenvalue weighted by molar-refractivity contribution is 7.91. The molecule has 0 atom stereocenters. The van der Waals surface area contributed by atoms with Gasteiger partial charge >= 0.3 is 6.18 Å². The summed E-state index contributed by atoms with van der Waals surface area (Å²) in [4.78, 5) is 3.90. The molecule has 0 radical (unpaired) electrons. The van der Waals surface area contributed by atoms with Gasteiger partial charge in [0, 0.05) is 12.3 Å². The van der Waals surface area contributed by atoms with Crippen LogP contribution in [0.25, 0.3) is 5.69 Å². The van der Waals surface area contributed by atoms with Crippen molar-refractivity contribution in [1.82, 2.24) is 9.55 Å². The second kappa shape index (κ2) is 7.96. The molecule has 0 saturated heterocycles. The highest BCUT2D eigenvalue weighted by atomic mass is 35.5. The summed E-state index contributed by atoms with van der Waals surface area (Å²) in [6.07, 6.45) is -1.53. The van der Waals surface area contributed by atoms with Crippen LogP contribution in [0.4, 0.5) is 18.9 Å². The van der Waals surface area contributed by atoms with Crippen molar-refractivity contribution in [2.75, 3.05) is 11.8 Å². The fraction of sp³-hybridized carbons (Fsp3) is 0.167. The van der Waals surface area contributed by atoms with Gasteiger partial charge in [0.15, 0.2) is 0 Å². The van der Waals surface area contributed by atoms with Crippen LogP contribution in [0, 0.1) is 0 Å². The molecule has 0 saturated carbocycles. The summed E-state index contributed by atoms with van der Waals surface area (Å²) in [7, 11) is -2.55. The molecule has 3 aromatic rings. The maximum Gasteiger partial charge on any atom is 0.416 e. The number of nitrogens with zero attached hydrogens (tertiary/aromatic N) is 2. The van der Waals surface area contributed by atoms with Gasteiger partial charge in [-0.05, 0) is 23.8 Å².